The SMILES string of the molecule is CCC1CCC(C)N1c1cnc(C(C)C)nc1CCl. The molecule has 1 aliphatic heterocycles. The average Bonchev–Trinajstić information content (AvgIpc) is 2.78. The number of halogens is 1. The number of aromatic nitrogens is 2. The smallest absolute Gasteiger partial charge is 0.131 e. The molecule has 1 fully saturated rings. The van der Waals surface area contributed by atoms with Gasteiger partial charge in [0.25, 0.3) is 0 Å². The standard InChI is InChI=1S/C15H24ClN3/c1-5-12-7-6-11(4)19(12)14-9-17-15(10(2)3)18-13(14)8-16/h9-12H,5-8H2,1-4H3. The van der Waals surface area contributed by atoms with Crippen molar-refractivity contribution in [2.24, 2.45) is 0 Å². The van der Waals surface area contributed by atoms with E-state index in [0.29, 0.717) is 23.9 Å². The van der Waals surface area contributed by atoms with Gasteiger partial charge in [0.15, 0.2) is 0 Å². The zero-order chi connectivity index (χ0) is 14.0. The fraction of sp³-hybridized carbons (Fsp3) is 0.733. The third-order valence-corrected chi connectivity index (χ3v) is 4.30. The van der Waals surface area contributed by atoms with Crippen LogP contribution in [-0.2, 0) is 5.88 Å². The second-order valence-corrected chi connectivity index (χ2v) is 6.01. The fourth-order valence-electron chi connectivity index (χ4n) is 2.93. The molecule has 0 bridgehead atoms. The highest BCUT2D eigenvalue weighted by Gasteiger charge is 2.31. The van der Waals surface area contributed by atoms with Crippen molar-refractivity contribution in [1.82, 2.24) is 9.97 Å². The summed E-state index contributed by atoms with van der Waals surface area (Å²) in [5.74, 6) is 1.69. The van der Waals surface area contributed by atoms with Gasteiger partial charge in [0, 0.05) is 18.0 Å². The first-order chi connectivity index (χ1) is 9.08. The van der Waals surface area contributed by atoms with E-state index in [4.69, 9.17) is 11.6 Å². The first-order valence-corrected chi connectivity index (χ1v) is 7.82. The lowest BCUT2D eigenvalue weighted by Gasteiger charge is -2.31. The number of rotatable bonds is 4. The highest BCUT2D eigenvalue weighted by atomic mass is 35.5. The maximum absolute atomic E-state index is 6.11. The van der Waals surface area contributed by atoms with Gasteiger partial charge in [-0.2, -0.15) is 0 Å². The van der Waals surface area contributed by atoms with Crippen molar-refractivity contribution in [1.29, 1.82) is 0 Å². The largest absolute Gasteiger partial charge is 0.363 e. The zero-order valence-electron chi connectivity index (χ0n) is 12.4. The number of anilines is 1. The molecule has 0 spiro atoms. The van der Waals surface area contributed by atoms with Crippen LogP contribution in [0.1, 0.15) is 64.4 Å². The van der Waals surface area contributed by atoms with Crippen LogP contribution in [0.3, 0.4) is 0 Å². The minimum absolute atomic E-state index is 0.342. The second-order valence-electron chi connectivity index (χ2n) is 5.74. The lowest BCUT2D eigenvalue weighted by molar-refractivity contribution is 0.621. The summed E-state index contributed by atoms with van der Waals surface area (Å²) in [6.07, 6.45) is 5.64. The molecule has 19 heavy (non-hydrogen) atoms. The van der Waals surface area contributed by atoms with Gasteiger partial charge in [-0.15, -0.1) is 11.6 Å². The van der Waals surface area contributed by atoms with E-state index in [2.05, 4.69) is 42.6 Å². The van der Waals surface area contributed by atoms with Crippen LogP contribution in [0.25, 0.3) is 0 Å². The zero-order valence-corrected chi connectivity index (χ0v) is 13.1. The number of alkyl halides is 1. The lowest BCUT2D eigenvalue weighted by Crippen LogP contribution is -2.35. The van der Waals surface area contributed by atoms with Crippen molar-refractivity contribution in [2.45, 2.75) is 70.8 Å². The third-order valence-electron chi connectivity index (χ3n) is 4.04. The molecule has 0 saturated carbocycles. The molecule has 0 aromatic carbocycles. The Bertz CT molecular complexity index is 433. The van der Waals surface area contributed by atoms with Crippen LogP contribution in [0.5, 0.6) is 0 Å². The highest BCUT2D eigenvalue weighted by Crippen LogP contribution is 2.34. The highest BCUT2D eigenvalue weighted by molar-refractivity contribution is 6.17. The van der Waals surface area contributed by atoms with E-state index in [9.17, 15) is 0 Å². The number of nitrogens with zero attached hydrogens (tertiary/aromatic N) is 3. The Labute approximate surface area is 121 Å². The summed E-state index contributed by atoms with van der Waals surface area (Å²) < 4.78 is 0. The molecule has 4 heteroatoms. The van der Waals surface area contributed by atoms with E-state index in [1.54, 1.807) is 0 Å². The van der Waals surface area contributed by atoms with Crippen molar-refractivity contribution >= 4 is 17.3 Å². The Hall–Kier alpha value is -0.830. The van der Waals surface area contributed by atoms with Gasteiger partial charge in [0.05, 0.1) is 23.5 Å². The molecule has 0 amide bonds. The van der Waals surface area contributed by atoms with Crippen LogP contribution < -0.4 is 4.90 Å². The summed E-state index contributed by atoms with van der Waals surface area (Å²) in [6, 6.07) is 1.16. The summed E-state index contributed by atoms with van der Waals surface area (Å²) in [6.45, 7) is 8.75. The molecule has 2 rings (SSSR count). The normalized spacial score (nSPS) is 23.4. The number of hydrogen-bond acceptors (Lipinski definition) is 3. The maximum Gasteiger partial charge on any atom is 0.131 e. The van der Waals surface area contributed by atoms with E-state index >= 15 is 0 Å². The molecular weight excluding hydrogens is 258 g/mol. The van der Waals surface area contributed by atoms with Crippen LogP contribution >= 0.6 is 11.6 Å². The van der Waals surface area contributed by atoms with Gasteiger partial charge >= 0.3 is 0 Å². The monoisotopic (exact) mass is 281 g/mol. The molecule has 106 valence electrons. The predicted octanol–water partition coefficient (Wildman–Crippen LogP) is 4.11. The molecule has 2 atom stereocenters. The minimum Gasteiger partial charge on any atom is -0.363 e. The molecule has 3 nitrogen and oxygen atoms in total. The molecule has 1 saturated heterocycles. The number of hydrogen-bond donors (Lipinski definition) is 0. The van der Waals surface area contributed by atoms with E-state index in [0.717, 1.165) is 23.6 Å². The molecule has 0 radical (unpaired) electrons. The van der Waals surface area contributed by atoms with Crippen molar-refractivity contribution in [3.8, 4) is 0 Å². The summed E-state index contributed by atoms with van der Waals surface area (Å²) in [5.41, 5.74) is 2.11. The van der Waals surface area contributed by atoms with Crippen LogP contribution in [0.2, 0.25) is 0 Å². The molecule has 1 aromatic rings. The first kappa shape index (κ1) is 14.6. The second kappa shape index (κ2) is 6.08. The third kappa shape index (κ3) is 2.86. The topological polar surface area (TPSA) is 29.0 Å². The summed E-state index contributed by atoms with van der Waals surface area (Å²) >= 11 is 6.11. The Kier molecular flexibility index (Phi) is 4.67. The average molecular weight is 282 g/mol. The molecule has 1 aromatic heterocycles. The van der Waals surface area contributed by atoms with Crippen molar-refractivity contribution in [3.05, 3.63) is 17.7 Å². The van der Waals surface area contributed by atoms with Gasteiger partial charge < -0.3 is 4.90 Å². The molecule has 2 heterocycles. The van der Waals surface area contributed by atoms with Gasteiger partial charge in [-0.25, -0.2) is 9.97 Å². The van der Waals surface area contributed by atoms with Crippen LogP contribution in [0.4, 0.5) is 5.69 Å². The summed E-state index contributed by atoms with van der Waals surface area (Å²) in [7, 11) is 0. The van der Waals surface area contributed by atoms with Gasteiger partial charge in [-0.3, -0.25) is 0 Å². The van der Waals surface area contributed by atoms with Gasteiger partial charge in [-0.1, -0.05) is 20.8 Å². The van der Waals surface area contributed by atoms with E-state index in [1.807, 2.05) is 6.20 Å². The summed E-state index contributed by atoms with van der Waals surface area (Å²) in [4.78, 5) is 11.7. The van der Waals surface area contributed by atoms with Crippen molar-refractivity contribution in [2.75, 3.05) is 4.90 Å². The minimum atomic E-state index is 0.342. The Morgan fingerprint density at radius 1 is 1.42 bits per heavy atom. The van der Waals surface area contributed by atoms with E-state index in [1.165, 1.54) is 12.8 Å². The predicted molar refractivity (Wildman–Crippen MR) is 80.9 cm³/mol. The van der Waals surface area contributed by atoms with Gasteiger partial charge in [-0.05, 0) is 26.2 Å². The van der Waals surface area contributed by atoms with Crippen LogP contribution in [0, 0.1) is 0 Å². The van der Waals surface area contributed by atoms with Gasteiger partial charge in [0.2, 0.25) is 0 Å². The van der Waals surface area contributed by atoms with Crippen LogP contribution in [-0.4, -0.2) is 22.1 Å². The van der Waals surface area contributed by atoms with E-state index in [-0.39, 0.29) is 0 Å². The lowest BCUT2D eigenvalue weighted by atomic mass is 10.1. The Morgan fingerprint density at radius 2 is 2.16 bits per heavy atom. The molecule has 1 aliphatic rings. The van der Waals surface area contributed by atoms with Crippen molar-refractivity contribution in [3.63, 3.8) is 0 Å². The maximum atomic E-state index is 6.11. The first-order valence-electron chi connectivity index (χ1n) is 7.28. The molecule has 0 aliphatic carbocycles. The Morgan fingerprint density at radius 3 is 2.74 bits per heavy atom. The quantitative estimate of drug-likeness (QED) is 0.778. The Balaban J connectivity index is 2.38. The molecule has 0 N–H and O–H groups in total. The fourth-order valence-corrected chi connectivity index (χ4v) is 3.12. The van der Waals surface area contributed by atoms with E-state index < -0.39 is 0 Å². The molecule has 2 unspecified atom stereocenters. The van der Waals surface area contributed by atoms with Crippen LogP contribution in [0.15, 0.2) is 6.20 Å². The van der Waals surface area contributed by atoms with Gasteiger partial charge in [0.1, 0.15) is 5.82 Å². The van der Waals surface area contributed by atoms with Crippen molar-refractivity contribution < 1.29 is 0 Å². The summed E-state index contributed by atoms with van der Waals surface area (Å²) in [5, 5.41) is 0. The molecular formula is C15H24ClN3.